The van der Waals surface area contributed by atoms with Crippen molar-refractivity contribution in [1.82, 2.24) is 0 Å². The summed E-state index contributed by atoms with van der Waals surface area (Å²) in [6.45, 7) is 0. The van der Waals surface area contributed by atoms with Crippen molar-refractivity contribution in [3.05, 3.63) is 12.2 Å². The lowest BCUT2D eigenvalue weighted by Gasteiger charge is -2.09. The molecule has 0 amide bonds. The van der Waals surface area contributed by atoms with Crippen molar-refractivity contribution in [3.63, 3.8) is 0 Å². The number of aliphatic imine (C=N–C) groups is 1. The fourth-order valence-electron chi connectivity index (χ4n) is 1.97. The van der Waals surface area contributed by atoms with E-state index in [0.717, 1.165) is 5.92 Å². The Morgan fingerprint density at radius 3 is 2.80 bits per heavy atom. The molecule has 0 heterocycles. The number of rotatable bonds is 1. The summed E-state index contributed by atoms with van der Waals surface area (Å²) in [7, 11) is 0. The van der Waals surface area contributed by atoms with Gasteiger partial charge in [0.15, 0.2) is 0 Å². The molecule has 1 saturated carbocycles. The molecule has 2 rings (SSSR count). The smallest absolute Gasteiger partial charge is 0.0671 e. The van der Waals surface area contributed by atoms with Gasteiger partial charge >= 0.3 is 0 Å². The van der Waals surface area contributed by atoms with E-state index >= 15 is 0 Å². The average Bonchev–Trinajstić information content (AvgIpc) is 2.48. The van der Waals surface area contributed by atoms with Gasteiger partial charge in [-0.3, -0.25) is 0 Å². The Hall–Kier alpha value is -0.460. The van der Waals surface area contributed by atoms with Crippen LogP contribution in [0.3, 0.4) is 0 Å². The standard InChI is InChI=1S/C8H9NS/c10-5-9-8-4-6-1-2-7(8)3-6/h1-2,6-8H,3-4H2/t6-,7-,8-/m1/s1. The van der Waals surface area contributed by atoms with Crippen LogP contribution in [-0.2, 0) is 0 Å². The van der Waals surface area contributed by atoms with E-state index in [4.69, 9.17) is 0 Å². The van der Waals surface area contributed by atoms with Crippen LogP contribution in [-0.4, -0.2) is 11.2 Å². The summed E-state index contributed by atoms with van der Waals surface area (Å²) in [4.78, 5) is 4.12. The van der Waals surface area contributed by atoms with Crippen molar-refractivity contribution < 1.29 is 0 Å². The van der Waals surface area contributed by atoms with Crippen LogP contribution in [0.15, 0.2) is 17.1 Å². The highest BCUT2D eigenvalue weighted by molar-refractivity contribution is 7.78. The molecule has 0 N–H and O–H groups in total. The molecule has 0 unspecified atom stereocenters. The van der Waals surface area contributed by atoms with E-state index in [2.05, 4.69) is 34.5 Å². The molecule has 3 atom stereocenters. The fraction of sp³-hybridized carbons (Fsp3) is 0.625. The normalized spacial score (nSPS) is 41.8. The SMILES string of the molecule is S=C=N[C@@H]1C[C@@H]2C=C[C@@H]1C2. The lowest BCUT2D eigenvalue weighted by molar-refractivity contribution is 0.582. The molecule has 0 saturated heterocycles. The topological polar surface area (TPSA) is 12.4 Å². The van der Waals surface area contributed by atoms with E-state index in [1.54, 1.807) is 0 Å². The van der Waals surface area contributed by atoms with Gasteiger partial charge in [0.2, 0.25) is 0 Å². The molecule has 52 valence electrons. The molecular formula is C8H9NS. The summed E-state index contributed by atoms with van der Waals surface area (Å²) in [6, 6.07) is 0.465. The summed E-state index contributed by atoms with van der Waals surface area (Å²) in [5.41, 5.74) is 0. The number of isothiocyanates is 1. The molecule has 1 nitrogen and oxygen atoms in total. The maximum Gasteiger partial charge on any atom is 0.0671 e. The molecule has 2 heteroatoms. The highest BCUT2D eigenvalue weighted by Gasteiger charge is 2.35. The van der Waals surface area contributed by atoms with Crippen molar-refractivity contribution in [2.75, 3.05) is 0 Å². The monoisotopic (exact) mass is 151 g/mol. The average molecular weight is 151 g/mol. The van der Waals surface area contributed by atoms with E-state index in [9.17, 15) is 0 Å². The molecule has 0 radical (unpaired) electrons. The second kappa shape index (κ2) is 2.30. The van der Waals surface area contributed by atoms with Crippen LogP contribution in [0.4, 0.5) is 0 Å². The molecule has 0 aromatic rings. The van der Waals surface area contributed by atoms with Crippen LogP contribution in [0.1, 0.15) is 12.8 Å². The van der Waals surface area contributed by atoms with Gasteiger partial charge in [-0.2, -0.15) is 0 Å². The number of thiocarbonyl (C=S) groups is 1. The summed E-state index contributed by atoms with van der Waals surface area (Å²) in [5.74, 6) is 1.47. The largest absolute Gasteiger partial charge is 0.229 e. The predicted octanol–water partition coefficient (Wildman–Crippen LogP) is 2.05. The zero-order chi connectivity index (χ0) is 6.97. The Bertz CT molecular complexity index is 215. The third kappa shape index (κ3) is 0.845. The van der Waals surface area contributed by atoms with Crippen LogP contribution in [0, 0.1) is 11.8 Å². The number of fused-ring (bicyclic) bond motifs is 2. The number of hydrogen-bond acceptors (Lipinski definition) is 2. The van der Waals surface area contributed by atoms with E-state index in [-0.39, 0.29) is 0 Å². The zero-order valence-electron chi connectivity index (χ0n) is 5.66. The minimum absolute atomic E-state index is 0.465. The van der Waals surface area contributed by atoms with Crippen molar-refractivity contribution in [2.24, 2.45) is 16.8 Å². The second-order valence-electron chi connectivity index (χ2n) is 3.07. The van der Waals surface area contributed by atoms with Crippen molar-refractivity contribution in [3.8, 4) is 0 Å². The second-order valence-corrected chi connectivity index (χ2v) is 3.25. The van der Waals surface area contributed by atoms with Crippen LogP contribution >= 0.6 is 12.2 Å². The van der Waals surface area contributed by atoms with Gasteiger partial charge in [0.1, 0.15) is 0 Å². The maximum atomic E-state index is 4.56. The molecule has 0 aromatic heterocycles. The Kier molecular flexibility index (Phi) is 1.44. The van der Waals surface area contributed by atoms with Crippen LogP contribution in [0.2, 0.25) is 0 Å². The quantitative estimate of drug-likeness (QED) is 0.317. The zero-order valence-corrected chi connectivity index (χ0v) is 6.47. The van der Waals surface area contributed by atoms with E-state index < -0.39 is 0 Å². The summed E-state index contributed by atoms with van der Waals surface area (Å²) in [5, 5.41) is 2.47. The van der Waals surface area contributed by atoms with Crippen LogP contribution in [0.5, 0.6) is 0 Å². The molecular weight excluding hydrogens is 142 g/mol. The van der Waals surface area contributed by atoms with Crippen LogP contribution < -0.4 is 0 Å². The molecule has 2 aliphatic rings. The summed E-state index contributed by atoms with van der Waals surface area (Å²) < 4.78 is 0. The Balaban J connectivity index is 2.16. The van der Waals surface area contributed by atoms with E-state index in [1.165, 1.54) is 12.8 Å². The first-order valence-corrected chi connectivity index (χ1v) is 4.06. The highest BCUT2D eigenvalue weighted by Crippen LogP contribution is 2.40. The lowest BCUT2D eigenvalue weighted by atomic mass is 10.0. The van der Waals surface area contributed by atoms with Gasteiger partial charge in [-0.1, -0.05) is 12.2 Å². The molecule has 2 bridgehead atoms. The third-order valence-electron chi connectivity index (χ3n) is 2.46. The van der Waals surface area contributed by atoms with Gasteiger partial charge in [0.25, 0.3) is 0 Å². The predicted molar refractivity (Wildman–Crippen MR) is 44.2 cm³/mol. The van der Waals surface area contributed by atoms with Crippen molar-refractivity contribution in [2.45, 2.75) is 18.9 Å². The minimum Gasteiger partial charge on any atom is -0.229 e. The molecule has 2 aliphatic carbocycles. The van der Waals surface area contributed by atoms with Gasteiger partial charge < -0.3 is 0 Å². The number of nitrogens with zero attached hydrogens (tertiary/aromatic N) is 1. The molecule has 0 spiro atoms. The van der Waals surface area contributed by atoms with Crippen molar-refractivity contribution >= 4 is 17.4 Å². The van der Waals surface area contributed by atoms with Gasteiger partial charge in [0.05, 0.1) is 11.2 Å². The maximum absolute atomic E-state index is 4.56. The van der Waals surface area contributed by atoms with Crippen LogP contribution in [0.25, 0.3) is 0 Å². The van der Waals surface area contributed by atoms with Gasteiger partial charge in [-0.25, -0.2) is 4.99 Å². The number of allylic oxidation sites excluding steroid dienone is 1. The Morgan fingerprint density at radius 1 is 1.40 bits per heavy atom. The van der Waals surface area contributed by atoms with Gasteiger partial charge in [-0.05, 0) is 31.0 Å². The minimum atomic E-state index is 0.465. The van der Waals surface area contributed by atoms with E-state index in [1.807, 2.05) is 0 Å². The highest BCUT2D eigenvalue weighted by atomic mass is 32.1. The summed E-state index contributed by atoms with van der Waals surface area (Å²) >= 11 is 4.56. The Labute approximate surface area is 65.8 Å². The molecule has 0 aromatic carbocycles. The Morgan fingerprint density at radius 2 is 2.30 bits per heavy atom. The molecule has 1 fully saturated rings. The molecule has 10 heavy (non-hydrogen) atoms. The third-order valence-corrected chi connectivity index (χ3v) is 2.57. The fourth-order valence-corrected chi connectivity index (χ4v) is 2.10. The summed E-state index contributed by atoms with van der Waals surface area (Å²) in [6.07, 6.45) is 7.07. The molecule has 0 aliphatic heterocycles. The van der Waals surface area contributed by atoms with Gasteiger partial charge in [0, 0.05) is 5.92 Å². The first kappa shape index (κ1) is 6.26. The first-order chi connectivity index (χ1) is 4.90. The number of hydrogen-bond donors (Lipinski definition) is 0. The first-order valence-electron chi connectivity index (χ1n) is 3.65. The lowest BCUT2D eigenvalue weighted by Crippen LogP contribution is -2.09. The van der Waals surface area contributed by atoms with E-state index in [0.29, 0.717) is 12.0 Å². The van der Waals surface area contributed by atoms with Gasteiger partial charge in [-0.15, -0.1) is 0 Å². The van der Waals surface area contributed by atoms with Crippen molar-refractivity contribution in [1.29, 1.82) is 0 Å².